The first kappa shape index (κ1) is 15.8. The van der Waals surface area contributed by atoms with Crippen molar-refractivity contribution < 1.29 is 4.43 Å². The molecule has 0 spiro atoms. The van der Waals surface area contributed by atoms with Gasteiger partial charge in [-0.05, 0) is 15.8 Å². The van der Waals surface area contributed by atoms with Crippen LogP contribution < -0.4 is 10.4 Å². The molecule has 0 aromatic heterocycles. The number of hydrogen-bond acceptors (Lipinski definition) is 2. The zero-order valence-electron chi connectivity index (χ0n) is 13.5. The number of thioether (sulfide) groups is 1. The minimum atomic E-state index is -1.64. The van der Waals surface area contributed by atoms with Gasteiger partial charge in [0.25, 0.3) is 0 Å². The van der Waals surface area contributed by atoms with Gasteiger partial charge in [0.2, 0.25) is 9.04 Å². The summed E-state index contributed by atoms with van der Waals surface area (Å²) in [5, 5.41) is 3.41. The molecule has 1 unspecified atom stereocenters. The predicted molar refractivity (Wildman–Crippen MR) is 99.9 cm³/mol. The Bertz CT molecular complexity index is 550. The smallest absolute Gasteiger partial charge is 0.240 e. The largest absolute Gasteiger partial charge is 0.406 e. The molecular formula is C19H24OSSi. The van der Waals surface area contributed by atoms with Crippen molar-refractivity contribution in [3.05, 3.63) is 60.7 Å². The van der Waals surface area contributed by atoms with Crippen LogP contribution in [0.2, 0.25) is 0 Å². The Hall–Kier alpha value is -1.03. The van der Waals surface area contributed by atoms with E-state index < -0.39 is 9.04 Å². The standard InChI is InChI=1S/C19H24OSSi/c1-19(2,3)18(17-14-21-17)20-22(15-10-6-4-7-11-15)16-12-8-5-9-13-16/h4-13,17-18,22H,14H2,1-3H3/t17?,18-/m1/s1. The Morgan fingerprint density at radius 2 is 1.41 bits per heavy atom. The van der Waals surface area contributed by atoms with Crippen LogP contribution in [0.1, 0.15) is 20.8 Å². The van der Waals surface area contributed by atoms with Crippen molar-refractivity contribution in [2.45, 2.75) is 32.1 Å². The van der Waals surface area contributed by atoms with Gasteiger partial charge in [0.15, 0.2) is 0 Å². The van der Waals surface area contributed by atoms with Gasteiger partial charge < -0.3 is 4.43 Å². The summed E-state index contributed by atoms with van der Waals surface area (Å²) in [6, 6.07) is 21.6. The van der Waals surface area contributed by atoms with Crippen LogP contribution in [0.15, 0.2) is 60.7 Å². The van der Waals surface area contributed by atoms with E-state index in [1.807, 2.05) is 11.8 Å². The van der Waals surface area contributed by atoms with E-state index in [-0.39, 0.29) is 5.41 Å². The van der Waals surface area contributed by atoms with Gasteiger partial charge in [0, 0.05) is 11.0 Å². The Balaban J connectivity index is 1.92. The minimum absolute atomic E-state index is 0.184. The van der Waals surface area contributed by atoms with E-state index in [9.17, 15) is 0 Å². The molecule has 1 saturated heterocycles. The van der Waals surface area contributed by atoms with Crippen molar-refractivity contribution in [2.75, 3.05) is 5.75 Å². The Morgan fingerprint density at radius 3 is 1.77 bits per heavy atom. The Labute approximate surface area is 139 Å². The molecule has 2 aromatic carbocycles. The van der Waals surface area contributed by atoms with Crippen molar-refractivity contribution in [1.82, 2.24) is 0 Å². The Morgan fingerprint density at radius 1 is 0.955 bits per heavy atom. The first-order valence-corrected chi connectivity index (χ1v) is 10.6. The monoisotopic (exact) mass is 328 g/mol. The third-order valence-corrected chi connectivity index (χ3v) is 7.55. The van der Waals surface area contributed by atoms with Crippen molar-refractivity contribution >= 4 is 31.2 Å². The van der Waals surface area contributed by atoms with Crippen molar-refractivity contribution in [3.8, 4) is 0 Å². The van der Waals surface area contributed by atoms with E-state index >= 15 is 0 Å². The van der Waals surface area contributed by atoms with Gasteiger partial charge in [-0.3, -0.25) is 0 Å². The quantitative estimate of drug-likeness (QED) is 0.616. The molecule has 0 N–H and O–H groups in total. The normalized spacial score (nSPS) is 19.2. The van der Waals surface area contributed by atoms with Crippen LogP contribution in [0.5, 0.6) is 0 Å². The average Bonchev–Trinajstić information content (AvgIpc) is 3.33. The second-order valence-corrected chi connectivity index (χ2v) is 10.6. The van der Waals surface area contributed by atoms with Crippen molar-refractivity contribution in [3.63, 3.8) is 0 Å². The fraction of sp³-hybridized carbons (Fsp3) is 0.368. The first-order chi connectivity index (χ1) is 10.6. The molecule has 3 heteroatoms. The average molecular weight is 329 g/mol. The molecule has 0 saturated carbocycles. The van der Waals surface area contributed by atoms with Gasteiger partial charge in [-0.25, -0.2) is 0 Å². The molecule has 22 heavy (non-hydrogen) atoms. The van der Waals surface area contributed by atoms with Crippen LogP contribution in [0, 0.1) is 5.41 Å². The third-order valence-electron chi connectivity index (χ3n) is 4.04. The van der Waals surface area contributed by atoms with E-state index in [4.69, 9.17) is 4.43 Å². The minimum Gasteiger partial charge on any atom is -0.406 e. The molecule has 1 nitrogen and oxygen atoms in total. The van der Waals surface area contributed by atoms with Gasteiger partial charge in [-0.15, -0.1) is 0 Å². The van der Waals surface area contributed by atoms with Crippen LogP contribution in [0.4, 0.5) is 0 Å². The number of benzene rings is 2. The van der Waals surface area contributed by atoms with Crippen LogP contribution >= 0.6 is 11.8 Å². The van der Waals surface area contributed by atoms with Crippen molar-refractivity contribution in [1.29, 1.82) is 0 Å². The van der Waals surface area contributed by atoms with Crippen LogP contribution in [0.25, 0.3) is 0 Å². The van der Waals surface area contributed by atoms with Gasteiger partial charge in [-0.2, -0.15) is 11.8 Å². The molecule has 3 rings (SSSR count). The van der Waals surface area contributed by atoms with E-state index in [2.05, 4.69) is 81.4 Å². The van der Waals surface area contributed by atoms with E-state index in [0.29, 0.717) is 11.4 Å². The molecule has 1 aliphatic rings. The summed E-state index contributed by atoms with van der Waals surface area (Å²) >= 11 is 2.03. The van der Waals surface area contributed by atoms with E-state index in [1.165, 1.54) is 16.1 Å². The van der Waals surface area contributed by atoms with E-state index in [1.54, 1.807) is 0 Å². The molecule has 116 valence electrons. The molecule has 1 aliphatic heterocycles. The fourth-order valence-electron chi connectivity index (χ4n) is 2.83. The van der Waals surface area contributed by atoms with Gasteiger partial charge in [0.05, 0.1) is 6.10 Å². The van der Waals surface area contributed by atoms with Crippen LogP contribution in [-0.4, -0.2) is 26.1 Å². The summed E-state index contributed by atoms with van der Waals surface area (Å²) in [7, 11) is -1.64. The lowest BCUT2D eigenvalue weighted by atomic mass is 9.88. The summed E-state index contributed by atoms with van der Waals surface area (Å²) < 4.78 is 6.83. The van der Waals surface area contributed by atoms with Gasteiger partial charge >= 0.3 is 0 Å². The molecule has 1 fully saturated rings. The van der Waals surface area contributed by atoms with Crippen molar-refractivity contribution in [2.24, 2.45) is 5.41 Å². The fourth-order valence-corrected chi connectivity index (χ4v) is 6.61. The highest BCUT2D eigenvalue weighted by molar-refractivity contribution is 8.07. The highest BCUT2D eigenvalue weighted by atomic mass is 32.2. The second-order valence-electron chi connectivity index (χ2n) is 7.00. The molecule has 1 heterocycles. The molecule has 0 radical (unpaired) electrons. The highest BCUT2D eigenvalue weighted by Crippen LogP contribution is 2.42. The molecule has 0 aliphatic carbocycles. The van der Waals surface area contributed by atoms with Crippen LogP contribution in [-0.2, 0) is 4.43 Å². The second kappa shape index (κ2) is 6.61. The number of rotatable bonds is 5. The summed E-state index contributed by atoms with van der Waals surface area (Å²) in [6.07, 6.45) is 0.328. The maximum absolute atomic E-state index is 6.83. The molecule has 0 amide bonds. The summed E-state index contributed by atoms with van der Waals surface area (Å²) in [5.41, 5.74) is 0.184. The predicted octanol–water partition coefficient (Wildman–Crippen LogP) is 3.07. The lowest BCUT2D eigenvalue weighted by molar-refractivity contribution is 0.0976. The molecule has 2 atom stereocenters. The summed E-state index contributed by atoms with van der Waals surface area (Å²) in [6.45, 7) is 6.91. The summed E-state index contributed by atoms with van der Waals surface area (Å²) in [4.78, 5) is 0. The van der Waals surface area contributed by atoms with Gasteiger partial charge in [-0.1, -0.05) is 81.4 Å². The van der Waals surface area contributed by atoms with Gasteiger partial charge in [0.1, 0.15) is 0 Å². The topological polar surface area (TPSA) is 9.23 Å². The third kappa shape index (κ3) is 3.83. The molecular weight excluding hydrogens is 304 g/mol. The van der Waals surface area contributed by atoms with E-state index in [0.717, 1.165) is 0 Å². The lowest BCUT2D eigenvalue weighted by Gasteiger charge is -2.34. The maximum Gasteiger partial charge on any atom is 0.240 e. The number of hydrogen-bond donors (Lipinski definition) is 0. The SMILES string of the molecule is CC(C)(C)[C@H](O[SiH](c1ccccc1)c1ccccc1)C1CS1. The maximum atomic E-state index is 6.83. The summed E-state index contributed by atoms with van der Waals surface area (Å²) in [5.74, 6) is 1.24. The van der Waals surface area contributed by atoms with Crippen LogP contribution in [0.3, 0.4) is 0 Å². The zero-order chi connectivity index (χ0) is 15.6. The zero-order valence-corrected chi connectivity index (χ0v) is 15.5. The first-order valence-electron chi connectivity index (χ1n) is 7.92. The highest BCUT2D eigenvalue weighted by Gasteiger charge is 2.42. The Kier molecular flexibility index (Phi) is 4.76. The molecule has 2 aromatic rings. The molecule has 0 bridgehead atoms. The lowest BCUT2D eigenvalue weighted by Crippen LogP contribution is -2.51.